The van der Waals surface area contributed by atoms with E-state index >= 15 is 0 Å². The number of aryl methyl sites for hydroxylation is 1. The molecule has 0 atom stereocenters. The molecule has 21 heavy (non-hydrogen) atoms. The molecule has 1 aromatic heterocycles. The highest BCUT2D eigenvalue weighted by molar-refractivity contribution is 6.19. The van der Waals surface area contributed by atoms with Crippen LogP contribution in [0.15, 0.2) is 36.5 Å². The van der Waals surface area contributed by atoms with Gasteiger partial charge in [0, 0.05) is 11.8 Å². The zero-order valence-electron chi connectivity index (χ0n) is 11.6. The van der Waals surface area contributed by atoms with Crippen molar-refractivity contribution >= 4 is 11.6 Å². The summed E-state index contributed by atoms with van der Waals surface area (Å²) < 4.78 is 5.72. The van der Waals surface area contributed by atoms with Gasteiger partial charge < -0.3 is 4.74 Å². The first kappa shape index (κ1) is 14.9. The Bertz CT molecular complexity index is 738. The van der Waals surface area contributed by atoms with Crippen molar-refractivity contribution in [3.63, 3.8) is 0 Å². The number of pyridine rings is 1. The summed E-state index contributed by atoms with van der Waals surface area (Å²) in [5, 5.41) is 8.81. The first-order valence-electron chi connectivity index (χ1n) is 6.36. The second-order valence-corrected chi connectivity index (χ2v) is 4.63. The number of benzene rings is 1. The molecule has 0 spiro atoms. The van der Waals surface area contributed by atoms with E-state index in [1.54, 1.807) is 12.3 Å². The average Bonchev–Trinajstić information content (AvgIpc) is 2.52. The third-order valence-electron chi connectivity index (χ3n) is 2.83. The Morgan fingerprint density at radius 3 is 2.86 bits per heavy atom. The van der Waals surface area contributed by atoms with E-state index in [1.165, 1.54) is 0 Å². The molecule has 0 radical (unpaired) electrons. The van der Waals surface area contributed by atoms with Crippen LogP contribution in [0.4, 0.5) is 0 Å². The summed E-state index contributed by atoms with van der Waals surface area (Å²) in [5.74, 6) is 6.91. The van der Waals surface area contributed by atoms with Crippen molar-refractivity contribution in [3.05, 3.63) is 58.9 Å². The van der Waals surface area contributed by atoms with Crippen LogP contribution in [0.3, 0.4) is 0 Å². The van der Waals surface area contributed by atoms with Gasteiger partial charge in [0.05, 0.1) is 5.88 Å². The molecule has 0 aliphatic carbocycles. The highest BCUT2D eigenvalue weighted by atomic mass is 35.5. The maximum atomic E-state index is 8.81. The Morgan fingerprint density at radius 1 is 1.29 bits per heavy atom. The summed E-state index contributed by atoms with van der Waals surface area (Å²) in [6.45, 7) is 2.37. The Hall–Kier alpha value is -2.49. The van der Waals surface area contributed by atoms with E-state index in [4.69, 9.17) is 21.6 Å². The van der Waals surface area contributed by atoms with Crippen molar-refractivity contribution in [3.8, 4) is 23.7 Å². The summed E-state index contributed by atoms with van der Waals surface area (Å²) in [7, 11) is 0. The van der Waals surface area contributed by atoms with Crippen LogP contribution in [0.1, 0.15) is 22.4 Å². The Kier molecular flexibility index (Phi) is 5.21. The lowest BCUT2D eigenvalue weighted by molar-refractivity contribution is 0.306. The van der Waals surface area contributed by atoms with Crippen LogP contribution in [-0.4, -0.2) is 10.9 Å². The lowest BCUT2D eigenvalue weighted by Crippen LogP contribution is -1.97. The Labute approximate surface area is 129 Å². The topological polar surface area (TPSA) is 45.9 Å². The lowest BCUT2D eigenvalue weighted by Gasteiger charge is -2.08. The number of rotatable bonds is 3. The molecule has 0 N–H and O–H groups in total. The third kappa shape index (κ3) is 4.24. The molecule has 0 saturated carbocycles. The molecule has 1 aromatic carbocycles. The van der Waals surface area contributed by atoms with E-state index in [1.807, 2.05) is 37.3 Å². The number of nitrogens with zero attached hydrogens (tertiary/aromatic N) is 2. The zero-order chi connectivity index (χ0) is 15.1. The minimum atomic E-state index is 0.320. The molecule has 0 fully saturated rings. The molecule has 0 amide bonds. The first-order chi connectivity index (χ1) is 10.2. The molecule has 104 valence electrons. The summed E-state index contributed by atoms with van der Waals surface area (Å²) >= 11 is 5.55. The fourth-order valence-electron chi connectivity index (χ4n) is 1.79. The fraction of sp³-hybridized carbons (Fsp3) is 0.176. The van der Waals surface area contributed by atoms with Gasteiger partial charge in [-0.2, -0.15) is 5.26 Å². The maximum absolute atomic E-state index is 8.81. The molecule has 2 rings (SSSR count). The molecule has 3 nitrogen and oxygen atoms in total. The quantitative estimate of drug-likeness (QED) is 0.644. The molecule has 0 aliphatic heterocycles. The van der Waals surface area contributed by atoms with Gasteiger partial charge in [-0.25, -0.2) is 4.98 Å². The predicted octanol–water partition coefficient (Wildman–Crippen LogP) is 3.43. The van der Waals surface area contributed by atoms with Gasteiger partial charge in [0.15, 0.2) is 0 Å². The molecule has 0 unspecified atom stereocenters. The van der Waals surface area contributed by atoms with Gasteiger partial charge in [-0.1, -0.05) is 11.8 Å². The van der Waals surface area contributed by atoms with Crippen molar-refractivity contribution in [2.24, 2.45) is 0 Å². The molecule has 0 aliphatic rings. The van der Waals surface area contributed by atoms with Gasteiger partial charge in [-0.05, 0) is 48.4 Å². The number of halogens is 1. The molecule has 2 aromatic rings. The van der Waals surface area contributed by atoms with Crippen LogP contribution in [-0.2, 0) is 6.61 Å². The third-order valence-corrected chi connectivity index (χ3v) is 2.97. The van der Waals surface area contributed by atoms with Crippen LogP contribution in [0.5, 0.6) is 5.75 Å². The summed E-state index contributed by atoms with van der Waals surface area (Å²) in [6.07, 6.45) is 1.60. The first-order valence-corrected chi connectivity index (χ1v) is 6.89. The molecular weight excluding hydrogens is 284 g/mol. The monoisotopic (exact) mass is 296 g/mol. The minimum Gasteiger partial charge on any atom is -0.489 e. The van der Waals surface area contributed by atoms with E-state index in [0.717, 1.165) is 22.4 Å². The fourth-order valence-corrected chi connectivity index (χ4v) is 1.85. The van der Waals surface area contributed by atoms with Crippen LogP contribution in [0, 0.1) is 30.1 Å². The van der Waals surface area contributed by atoms with E-state index in [-0.39, 0.29) is 0 Å². The van der Waals surface area contributed by atoms with Gasteiger partial charge >= 0.3 is 0 Å². The number of ether oxygens (including phenoxy) is 1. The standard InChI is InChI=1S/C17H13ClN2O/c1-13-9-17(5-4-15(13)3-2-7-18)21-12-14-6-8-20-16(10-14)11-19/h4-6,8-10H,7,12H2,1H3. The highest BCUT2D eigenvalue weighted by Gasteiger charge is 2.01. The van der Waals surface area contributed by atoms with E-state index in [2.05, 4.69) is 16.8 Å². The van der Waals surface area contributed by atoms with Gasteiger partial charge in [0.25, 0.3) is 0 Å². The number of alkyl halides is 1. The SMILES string of the molecule is Cc1cc(OCc2ccnc(C#N)c2)ccc1C#CCCl. The van der Waals surface area contributed by atoms with Crippen LogP contribution in [0.2, 0.25) is 0 Å². The van der Waals surface area contributed by atoms with Crippen LogP contribution in [0.25, 0.3) is 0 Å². The van der Waals surface area contributed by atoms with Gasteiger partial charge in [0.2, 0.25) is 0 Å². The molecule has 0 saturated heterocycles. The largest absolute Gasteiger partial charge is 0.489 e. The molecule has 1 heterocycles. The van der Waals surface area contributed by atoms with Gasteiger partial charge in [-0.15, -0.1) is 11.6 Å². The van der Waals surface area contributed by atoms with Crippen molar-refractivity contribution < 1.29 is 4.74 Å². The predicted molar refractivity (Wildman–Crippen MR) is 82.1 cm³/mol. The Balaban J connectivity index is 2.07. The van der Waals surface area contributed by atoms with Crippen molar-refractivity contribution in [2.75, 3.05) is 5.88 Å². The van der Waals surface area contributed by atoms with Crippen molar-refractivity contribution in [1.82, 2.24) is 4.98 Å². The minimum absolute atomic E-state index is 0.320. The van der Waals surface area contributed by atoms with Gasteiger partial charge in [0.1, 0.15) is 24.1 Å². The summed E-state index contributed by atoms with van der Waals surface area (Å²) in [6, 6.07) is 11.3. The Morgan fingerprint density at radius 2 is 2.14 bits per heavy atom. The second-order valence-electron chi connectivity index (χ2n) is 4.36. The maximum Gasteiger partial charge on any atom is 0.140 e. The number of hydrogen-bond acceptors (Lipinski definition) is 3. The van der Waals surface area contributed by atoms with Crippen molar-refractivity contribution in [1.29, 1.82) is 5.26 Å². The van der Waals surface area contributed by atoms with Crippen LogP contribution >= 0.6 is 11.6 Å². The van der Waals surface area contributed by atoms with E-state index in [9.17, 15) is 0 Å². The number of aromatic nitrogens is 1. The highest BCUT2D eigenvalue weighted by Crippen LogP contribution is 2.18. The van der Waals surface area contributed by atoms with Crippen LogP contribution < -0.4 is 4.74 Å². The van der Waals surface area contributed by atoms with Gasteiger partial charge in [-0.3, -0.25) is 0 Å². The molecule has 4 heteroatoms. The smallest absolute Gasteiger partial charge is 0.140 e. The number of hydrogen-bond donors (Lipinski definition) is 0. The molecular formula is C17H13ClN2O. The zero-order valence-corrected chi connectivity index (χ0v) is 12.3. The second kappa shape index (κ2) is 7.33. The van der Waals surface area contributed by atoms with Crippen molar-refractivity contribution in [2.45, 2.75) is 13.5 Å². The van der Waals surface area contributed by atoms with E-state index < -0.39 is 0 Å². The number of nitriles is 1. The molecule has 0 bridgehead atoms. The van der Waals surface area contributed by atoms with E-state index in [0.29, 0.717) is 18.2 Å². The lowest BCUT2D eigenvalue weighted by atomic mass is 10.1. The summed E-state index contributed by atoms with van der Waals surface area (Å²) in [5.41, 5.74) is 3.28. The normalized spacial score (nSPS) is 9.38. The summed E-state index contributed by atoms with van der Waals surface area (Å²) in [4.78, 5) is 3.92. The average molecular weight is 297 g/mol.